The van der Waals surface area contributed by atoms with Crippen molar-refractivity contribution in [3.8, 4) is 0 Å². The van der Waals surface area contributed by atoms with Crippen LogP contribution in [-0.2, 0) is 11.3 Å². The summed E-state index contributed by atoms with van der Waals surface area (Å²) in [7, 11) is 1.89. The van der Waals surface area contributed by atoms with Gasteiger partial charge in [0.25, 0.3) is 0 Å². The van der Waals surface area contributed by atoms with E-state index in [9.17, 15) is 4.79 Å². The van der Waals surface area contributed by atoms with Gasteiger partial charge in [0.05, 0.1) is 6.54 Å². The van der Waals surface area contributed by atoms with Gasteiger partial charge in [-0.3, -0.25) is 4.79 Å². The molecule has 1 amide bonds. The fraction of sp³-hybridized carbons (Fsp3) is 0.625. The van der Waals surface area contributed by atoms with Gasteiger partial charge in [0.15, 0.2) is 0 Å². The summed E-state index contributed by atoms with van der Waals surface area (Å²) in [6.45, 7) is 6.09. The van der Waals surface area contributed by atoms with Crippen molar-refractivity contribution in [1.82, 2.24) is 15.6 Å². The monoisotopic (exact) mass is 290 g/mol. The van der Waals surface area contributed by atoms with E-state index in [1.807, 2.05) is 24.2 Å². The molecule has 1 heterocycles. The quantitative estimate of drug-likeness (QED) is 0.762. The summed E-state index contributed by atoms with van der Waals surface area (Å²) in [6, 6.07) is 4.75. The molecule has 5 heteroatoms. The van der Waals surface area contributed by atoms with E-state index in [-0.39, 0.29) is 5.91 Å². The van der Waals surface area contributed by atoms with Crippen molar-refractivity contribution in [1.29, 1.82) is 0 Å². The SMILES string of the molecule is CC(C)CNC(=O)CN(C)c1ccc(CNC2CC2)cn1. The van der Waals surface area contributed by atoms with Crippen LogP contribution in [0.2, 0.25) is 0 Å². The number of likely N-dealkylation sites (N-methyl/N-ethyl adjacent to an activating group) is 1. The molecule has 0 spiro atoms. The minimum Gasteiger partial charge on any atom is -0.354 e. The molecule has 21 heavy (non-hydrogen) atoms. The lowest BCUT2D eigenvalue weighted by molar-refractivity contribution is -0.119. The molecule has 0 aliphatic heterocycles. The number of anilines is 1. The van der Waals surface area contributed by atoms with E-state index in [2.05, 4.69) is 35.5 Å². The molecule has 1 aliphatic rings. The molecule has 2 rings (SSSR count). The van der Waals surface area contributed by atoms with Crippen LogP contribution in [0.3, 0.4) is 0 Å². The van der Waals surface area contributed by atoms with Gasteiger partial charge in [0.2, 0.25) is 5.91 Å². The molecule has 1 aliphatic carbocycles. The maximum Gasteiger partial charge on any atom is 0.239 e. The number of carbonyl (C=O) groups is 1. The summed E-state index contributed by atoms with van der Waals surface area (Å²) in [5, 5.41) is 6.38. The average Bonchev–Trinajstić information content (AvgIpc) is 3.27. The average molecular weight is 290 g/mol. The van der Waals surface area contributed by atoms with Gasteiger partial charge in [-0.05, 0) is 30.4 Å². The maximum absolute atomic E-state index is 11.8. The van der Waals surface area contributed by atoms with E-state index in [0.29, 0.717) is 25.0 Å². The lowest BCUT2D eigenvalue weighted by Gasteiger charge is -2.18. The fourth-order valence-corrected chi connectivity index (χ4v) is 1.97. The predicted octanol–water partition coefficient (Wildman–Crippen LogP) is 1.54. The fourth-order valence-electron chi connectivity index (χ4n) is 1.97. The van der Waals surface area contributed by atoms with Crippen LogP contribution in [0, 0.1) is 5.92 Å². The lowest BCUT2D eigenvalue weighted by Crippen LogP contribution is -2.37. The molecule has 0 radical (unpaired) electrons. The Morgan fingerprint density at radius 2 is 2.19 bits per heavy atom. The molecule has 1 fully saturated rings. The van der Waals surface area contributed by atoms with Crippen molar-refractivity contribution in [2.45, 2.75) is 39.3 Å². The van der Waals surface area contributed by atoms with Crippen LogP contribution in [0.25, 0.3) is 0 Å². The minimum atomic E-state index is 0.0347. The molecule has 1 aromatic rings. The topological polar surface area (TPSA) is 57.3 Å². The van der Waals surface area contributed by atoms with E-state index in [0.717, 1.165) is 12.4 Å². The Labute approximate surface area is 127 Å². The number of nitrogens with zero attached hydrogens (tertiary/aromatic N) is 2. The second kappa shape index (κ2) is 7.41. The van der Waals surface area contributed by atoms with Gasteiger partial charge < -0.3 is 15.5 Å². The van der Waals surface area contributed by atoms with E-state index >= 15 is 0 Å². The van der Waals surface area contributed by atoms with Crippen LogP contribution in [-0.4, -0.2) is 37.1 Å². The van der Waals surface area contributed by atoms with Crippen LogP contribution in [0.5, 0.6) is 0 Å². The van der Waals surface area contributed by atoms with Gasteiger partial charge in [0, 0.05) is 32.4 Å². The summed E-state index contributed by atoms with van der Waals surface area (Å²) in [4.78, 5) is 18.1. The van der Waals surface area contributed by atoms with Gasteiger partial charge in [-0.2, -0.15) is 0 Å². The largest absolute Gasteiger partial charge is 0.354 e. The molecule has 1 saturated carbocycles. The van der Waals surface area contributed by atoms with E-state index in [1.54, 1.807) is 0 Å². The molecule has 1 aromatic heterocycles. The van der Waals surface area contributed by atoms with Gasteiger partial charge in [-0.15, -0.1) is 0 Å². The summed E-state index contributed by atoms with van der Waals surface area (Å²) in [5.41, 5.74) is 1.18. The Hall–Kier alpha value is -1.62. The van der Waals surface area contributed by atoms with E-state index in [1.165, 1.54) is 18.4 Å². The number of nitrogens with one attached hydrogen (secondary N) is 2. The Morgan fingerprint density at radius 3 is 2.76 bits per heavy atom. The first-order chi connectivity index (χ1) is 10.0. The Morgan fingerprint density at radius 1 is 1.43 bits per heavy atom. The van der Waals surface area contributed by atoms with Crippen LogP contribution in [0.4, 0.5) is 5.82 Å². The third kappa shape index (κ3) is 5.71. The summed E-state index contributed by atoms with van der Waals surface area (Å²) in [5.74, 6) is 1.33. The number of amides is 1. The molecule has 0 bridgehead atoms. The highest BCUT2D eigenvalue weighted by atomic mass is 16.2. The Balaban J connectivity index is 1.78. The maximum atomic E-state index is 11.8. The molecule has 116 valence electrons. The van der Waals surface area contributed by atoms with E-state index < -0.39 is 0 Å². The normalized spacial score (nSPS) is 14.3. The van der Waals surface area contributed by atoms with Crippen molar-refractivity contribution in [3.05, 3.63) is 23.9 Å². The van der Waals surface area contributed by atoms with Gasteiger partial charge in [-0.25, -0.2) is 4.98 Å². The molecular weight excluding hydrogens is 264 g/mol. The summed E-state index contributed by atoms with van der Waals surface area (Å²) >= 11 is 0. The number of hydrogen-bond acceptors (Lipinski definition) is 4. The van der Waals surface area contributed by atoms with Gasteiger partial charge >= 0.3 is 0 Å². The molecule has 0 atom stereocenters. The predicted molar refractivity (Wildman–Crippen MR) is 85.2 cm³/mol. The second-order valence-electron chi connectivity index (χ2n) is 6.23. The Bertz CT molecular complexity index is 454. The number of aromatic nitrogens is 1. The zero-order chi connectivity index (χ0) is 15.2. The first kappa shape index (κ1) is 15.8. The highest BCUT2D eigenvalue weighted by Crippen LogP contribution is 2.19. The van der Waals surface area contributed by atoms with Crippen molar-refractivity contribution in [3.63, 3.8) is 0 Å². The first-order valence-electron chi connectivity index (χ1n) is 7.70. The van der Waals surface area contributed by atoms with Crippen LogP contribution in [0.15, 0.2) is 18.3 Å². The Kier molecular flexibility index (Phi) is 5.56. The first-order valence-corrected chi connectivity index (χ1v) is 7.70. The number of pyridine rings is 1. The molecule has 0 unspecified atom stereocenters. The standard InChI is InChI=1S/C16H26N4O/c1-12(2)8-19-16(21)11-20(3)15-7-4-13(10-18-15)9-17-14-5-6-14/h4,7,10,12,14,17H,5-6,8-9,11H2,1-3H3,(H,19,21). The third-order valence-corrected chi connectivity index (χ3v) is 3.46. The van der Waals surface area contributed by atoms with Crippen molar-refractivity contribution in [2.24, 2.45) is 5.92 Å². The number of hydrogen-bond donors (Lipinski definition) is 2. The molecule has 5 nitrogen and oxygen atoms in total. The number of carbonyl (C=O) groups excluding carboxylic acids is 1. The van der Waals surface area contributed by atoms with Crippen LogP contribution < -0.4 is 15.5 Å². The van der Waals surface area contributed by atoms with Crippen LogP contribution >= 0.6 is 0 Å². The highest BCUT2D eigenvalue weighted by Gasteiger charge is 2.19. The van der Waals surface area contributed by atoms with Gasteiger partial charge in [0.1, 0.15) is 5.82 Å². The zero-order valence-electron chi connectivity index (χ0n) is 13.2. The van der Waals surface area contributed by atoms with Crippen molar-refractivity contribution < 1.29 is 4.79 Å². The molecule has 0 aromatic carbocycles. The molecule has 2 N–H and O–H groups in total. The zero-order valence-corrected chi connectivity index (χ0v) is 13.2. The van der Waals surface area contributed by atoms with Gasteiger partial charge in [-0.1, -0.05) is 19.9 Å². The summed E-state index contributed by atoms with van der Waals surface area (Å²) in [6.07, 6.45) is 4.46. The van der Waals surface area contributed by atoms with Crippen molar-refractivity contribution in [2.75, 3.05) is 25.0 Å². The highest BCUT2D eigenvalue weighted by molar-refractivity contribution is 5.80. The summed E-state index contributed by atoms with van der Waals surface area (Å²) < 4.78 is 0. The lowest BCUT2D eigenvalue weighted by atomic mass is 10.2. The van der Waals surface area contributed by atoms with E-state index in [4.69, 9.17) is 0 Å². The van der Waals surface area contributed by atoms with Crippen LogP contribution in [0.1, 0.15) is 32.3 Å². The smallest absolute Gasteiger partial charge is 0.239 e. The molecule has 0 saturated heterocycles. The second-order valence-corrected chi connectivity index (χ2v) is 6.23. The third-order valence-electron chi connectivity index (χ3n) is 3.46. The minimum absolute atomic E-state index is 0.0347. The number of rotatable bonds is 8. The van der Waals surface area contributed by atoms with Crippen molar-refractivity contribution >= 4 is 11.7 Å². The molecular formula is C16H26N4O.